The van der Waals surface area contributed by atoms with Gasteiger partial charge in [0, 0.05) is 51.5 Å². The predicted molar refractivity (Wildman–Crippen MR) is 302 cm³/mol. The molecule has 0 aliphatic carbocycles. The first-order chi connectivity index (χ1) is 35.5. The molecule has 3 heterocycles. The van der Waals surface area contributed by atoms with Gasteiger partial charge in [0.25, 0.3) is 15.6 Å². The molecule has 10 rings (SSSR count). The zero-order valence-electron chi connectivity index (χ0n) is 39.2. The number of nitrogens with zero attached hydrogens (tertiary/aromatic N) is 3. The molecule has 0 saturated carbocycles. The van der Waals surface area contributed by atoms with Crippen molar-refractivity contribution in [3.05, 3.63) is 246 Å². The van der Waals surface area contributed by atoms with Crippen LogP contribution in [0.15, 0.2) is 191 Å². The lowest BCUT2D eigenvalue weighted by Gasteiger charge is -2.12. The third kappa shape index (κ3) is 16.9. The summed E-state index contributed by atoms with van der Waals surface area (Å²) in [5, 5.41) is 10.1. The zero-order chi connectivity index (χ0) is 50.9. The van der Waals surface area contributed by atoms with Crippen molar-refractivity contribution in [2.45, 2.75) is 39.2 Å². The number of ether oxygens (including phenoxy) is 4. The normalized spacial score (nSPS) is 10.7. The van der Waals surface area contributed by atoms with Gasteiger partial charge >= 0.3 is 0 Å². The van der Waals surface area contributed by atoms with Gasteiger partial charge in [-0.3, -0.25) is 0 Å². The molecule has 0 atom stereocenters. The topological polar surface area (TPSA) is 87.6 Å². The van der Waals surface area contributed by atoms with Gasteiger partial charge in [0.2, 0.25) is 0 Å². The Labute approximate surface area is 459 Å². The lowest BCUT2D eigenvalue weighted by molar-refractivity contribution is 0.231. The second kappa shape index (κ2) is 26.6. The summed E-state index contributed by atoms with van der Waals surface area (Å²) in [6.45, 7) is 3.72. The molecule has 370 valence electrons. The Balaban J connectivity index is 0.000000152. The van der Waals surface area contributed by atoms with Gasteiger partial charge in [0.15, 0.2) is 11.6 Å². The van der Waals surface area contributed by atoms with Crippen molar-refractivity contribution in [3.63, 3.8) is 0 Å². The highest BCUT2D eigenvalue weighted by atomic mass is 79.9. The van der Waals surface area contributed by atoms with E-state index in [1.54, 1.807) is 12.1 Å². The Kier molecular flexibility index (Phi) is 19.3. The fraction of sp³-hybridized carbons (Fsp3) is 0.105. The monoisotopic (exact) mass is 1150 g/mol. The fourth-order valence-electron chi connectivity index (χ4n) is 6.70. The lowest BCUT2D eigenvalue weighted by Crippen LogP contribution is -2.07. The minimum Gasteiger partial charge on any atom is -0.488 e. The van der Waals surface area contributed by atoms with E-state index in [0.29, 0.717) is 38.5 Å². The van der Waals surface area contributed by atoms with Gasteiger partial charge in [-0.15, -0.1) is 0 Å². The van der Waals surface area contributed by atoms with Crippen LogP contribution in [-0.2, 0) is 19.3 Å². The number of nitrogens with one attached hydrogen (secondary N) is 1. The average Bonchev–Trinajstić information content (AvgIpc) is 4.10. The number of para-hydroxylation sites is 3. The number of aromatic nitrogens is 3. The van der Waals surface area contributed by atoms with Crippen molar-refractivity contribution >= 4 is 95.4 Å². The molecule has 0 amide bonds. The van der Waals surface area contributed by atoms with Crippen LogP contribution in [0.5, 0.6) is 38.6 Å². The van der Waals surface area contributed by atoms with Crippen LogP contribution >= 0.6 is 84.7 Å². The molecule has 16 heteroatoms. The van der Waals surface area contributed by atoms with Gasteiger partial charge in [-0.1, -0.05) is 160 Å². The summed E-state index contributed by atoms with van der Waals surface area (Å²) in [6, 6.07) is 56.8. The molecule has 73 heavy (non-hydrogen) atoms. The van der Waals surface area contributed by atoms with Gasteiger partial charge in [-0.25, -0.2) is 19.3 Å². The maximum absolute atomic E-state index is 14.5. The summed E-state index contributed by atoms with van der Waals surface area (Å²) >= 11 is 25.7. The Hall–Kier alpha value is -6.29. The summed E-state index contributed by atoms with van der Waals surface area (Å²) in [5.41, 5.74) is 6.78. The molecule has 0 bridgehead atoms. The van der Waals surface area contributed by atoms with Crippen LogP contribution < -0.4 is 24.3 Å². The lowest BCUT2D eigenvalue weighted by atomic mass is 10.1. The van der Waals surface area contributed by atoms with E-state index in [1.165, 1.54) is 45.6 Å². The van der Waals surface area contributed by atoms with Crippen molar-refractivity contribution < 1.29 is 23.3 Å². The number of thiazole rings is 3. The standard InChI is InChI=1S/C25H22ClFN2O2S.C16H11BrClNOS.C16H12ClNOS/c1-16(2)30-23-13-12-19(15-21(23)27)28-24-22(14-17-8-10-18(26)11-9-17)29-25(32-24)31-20-6-4-3-5-7-20;17-15-14(10-11-6-8-12(18)9-7-11)19-16(21-15)20-13-4-2-1-3-5-13;17-13-8-6-12(7-9-13)10-14-11-20-16(18-14)19-15-4-2-1-3-5-15/h3-13,15-16,28H,14H2,1-2H3;1-9H,10H2;1-9,11H,10H2. The van der Waals surface area contributed by atoms with Gasteiger partial charge in [-0.2, -0.15) is 0 Å². The molecule has 0 saturated heterocycles. The van der Waals surface area contributed by atoms with Crippen LogP contribution in [0.25, 0.3) is 0 Å². The SMILES string of the molecule is CC(C)Oc1ccc(Nc2sc(Oc3ccccc3)nc2Cc2ccc(Cl)cc2)cc1F.Clc1ccc(Cc2csc(Oc3ccccc3)n2)cc1.Clc1ccc(Cc2nc(Oc3ccccc3)sc2Br)cc1. The highest BCUT2D eigenvalue weighted by molar-refractivity contribution is 9.11. The van der Waals surface area contributed by atoms with E-state index in [-0.39, 0.29) is 11.9 Å². The van der Waals surface area contributed by atoms with E-state index in [2.05, 4.69) is 36.2 Å². The molecule has 0 aliphatic rings. The Morgan fingerprint density at radius 2 is 0.986 bits per heavy atom. The highest BCUT2D eigenvalue weighted by Crippen LogP contribution is 2.38. The van der Waals surface area contributed by atoms with E-state index < -0.39 is 5.82 Å². The third-order valence-corrected chi connectivity index (χ3v) is 14.2. The van der Waals surface area contributed by atoms with Gasteiger partial charge < -0.3 is 24.3 Å². The Morgan fingerprint density at radius 1 is 0.534 bits per heavy atom. The maximum atomic E-state index is 14.5. The third-order valence-electron chi connectivity index (χ3n) is 10.1. The van der Waals surface area contributed by atoms with Gasteiger partial charge in [0.05, 0.1) is 27.0 Å². The van der Waals surface area contributed by atoms with Gasteiger partial charge in [-0.05, 0) is 131 Å². The minimum atomic E-state index is -0.423. The number of anilines is 2. The minimum absolute atomic E-state index is 0.103. The average molecular weight is 1150 g/mol. The molecule has 0 spiro atoms. The first kappa shape index (κ1) is 53.0. The fourth-order valence-corrected chi connectivity index (χ4v) is 9.97. The number of benzene rings is 7. The highest BCUT2D eigenvalue weighted by Gasteiger charge is 2.17. The van der Waals surface area contributed by atoms with E-state index >= 15 is 0 Å². The molecule has 0 fully saturated rings. The molecule has 1 N–H and O–H groups in total. The zero-order valence-corrected chi connectivity index (χ0v) is 45.5. The number of hydrogen-bond acceptors (Lipinski definition) is 11. The number of halogens is 5. The quantitative estimate of drug-likeness (QED) is 0.102. The summed E-state index contributed by atoms with van der Waals surface area (Å²) in [6.07, 6.45) is 2.00. The van der Waals surface area contributed by atoms with Crippen molar-refractivity contribution in [2.75, 3.05) is 5.32 Å². The smallest absolute Gasteiger partial charge is 0.280 e. The predicted octanol–water partition coefficient (Wildman–Crippen LogP) is 19.0. The Morgan fingerprint density at radius 3 is 1.48 bits per heavy atom. The maximum Gasteiger partial charge on any atom is 0.280 e. The van der Waals surface area contributed by atoms with E-state index in [4.69, 9.17) is 53.8 Å². The number of rotatable bonds is 16. The largest absolute Gasteiger partial charge is 0.488 e. The summed E-state index contributed by atoms with van der Waals surface area (Å²) in [5.74, 6) is 2.10. The van der Waals surface area contributed by atoms with Crippen LogP contribution in [0.3, 0.4) is 0 Å². The van der Waals surface area contributed by atoms with Crippen LogP contribution in [-0.4, -0.2) is 21.1 Å². The Bertz CT molecular complexity index is 3280. The molecule has 0 aliphatic heterocycles. The van der Waals surface area contributed by atoms with Crippen LogP contribution in [0, 0.1) is 5.82 Å². The molecule has 10 aromatic rings. The molecule has 0 radical (unpaired) electrons. The molecular formula is C57H45BrCl3FN4O4S3. The van der Waals surface area contributed by atoms with Crippen molar-refractivity contribution in [2.24, 2.45) is 0 Å². The molecule has 7 aromatic carbocycles. The summed E-state index contributed by atoms with van der Waals surface area (Å²) in [4.78, 5) is 13.7. The second-order valence-electron chi connectivity index (χ2n) is 16.2. The van der Waals surface area contributed by atoms with Crippen LogP contribution in [0.2, 0.25) is 15.1 Å². The van der Waals surface area contributed by atoms with Crippen molar-refractivity contribution in [3.8, 4) is 38.6 Å². The molecule has 0 unspecified atom stereocenters. The summed E-state index contributed by atoms with van der Waals surface area (Å²) < 4.78 is 38.3. The number of hydrogen-bond donors (Lipinski definition) is 1. The van der Waals surface area contributed by atoms with E-state index in [0.717, 1.165) is 71.4 Å². The second-order valence-corrected chi connectivity index (χ2v) is 21.5. The van der Waals surface area contributed by atoms with Crippen LogP contribution in [0.4, 0.5) is 15.1 Å². The van der Waals surface area contributed by atoms with E-state index in [1.807, 2.05) is 183 Å². The van der Waals surface area contributed by atoms with Gasteiger partial charge in [0.1, 0.15) is 22.2 Å². The van der Waals surface area contributed by atoms with E-state index in [9.17, 15) is 4.39 Å². The van der Waals surface area contributed by atoms with Crippen molar-refractivity contribution in [1.29, 1.82) is 0 Å². The summed E-state index contributed by atoms with van der Waals surface area (Å²) in [7, 11) is 0. The molecule has 8 nitrogen and oxygen atoms in total. The first-order valence-electron chi connectivity index (χ1n) is 22.7. The first-order valence-corrected chi connectivity index (χ1v) is 27.1. The van der Waals surface area contributed by atoms with Crippen molar-refractivity contribution in [1.82, 2.24) is 15.0 Å². The van der Waals surface area contributed by atoms with Crippen LogP contribution in [0.1, 0.15) is 47.6 Å². The molecule has 3 aromatic heterocycles. The molecular weight excluding hydrogens is 1110 g/mol.